The predicted octanol–water partition coefficient (Wildman–Crippen LogP) is 4.86. The van der Waals surface area contributed by atoms with E-state index in [0.29, 0.717) is 30.2 Å². The Labute approximate surface area is 177 Å². The molecule has 7 atom stereocenters. The molecule has 0 spiro atoms. The Kier molecular flexibility index (Phi) is 4.60. The van der Waals surface area contributed by atoms with Crippen molar-refractivity contribution < 1.29 is 14.5 Å². The van der Waals surface area contributed by atoms with E-state index in [1.807, 2.05) is 0 Å². The normalized spacial score (nSPS) is 42.5. The second-order valence-corrected chi connectivity index (χ2v) is 10.6. The van der Waals surface area contributed by atoms with Crippen LogP contribution in [0.1, 0.15) is 65.2 Å². The van der Waals surface area contributed by atoms with Crippen molar-refractivity contribution in [3.05, 3.63) is 34.4 Å². The summed E-state index contributed by atoms with van der Waals surface area (Å²) in [5, 5.41) is 14.2. The number of nitrogens with zero attached hydrogens (tertiary/aromatic N) is 1. The first-order chi connectivity index (χ1) is 14.3. The number of non-ortho nitro benzene ring substituents is 1. The number of nitro groups is 1. The number of piperidine rings is 1. The minimum atomic E-state index is -0.372. The van der Waals surface area contributed by atoms with Crippen molar-refractivity contribution >= 4 is 11.6 Å². The fourth-order valence-corrected chi connectivity index (χ4v) is 7.66. The van der Waals surface area contributed by atoms with E-state index in [2.05, 4.69) is 19.2 Å². The minimum Gasteiger partial charge on any atom is -0.490 e. The van der Waals surface area contributed by atoms with Crippen molar-refractivity contribution in [2.45, 2.75) is 77.4 Å². The summed E-state index contributed by atoms with van der Waals surface area (Å²) in [6, 6.07) is 6.87. The smallest absolute Gasteiger partial charge is 0.269 e. The third kappa shape index (κ3) is 2.94. The monoisotopic (exact) mass is 412 g/mol. The van der Waals surface area contributed by atoms with E-state index >= 15 is 0 Å². The number of hydrogen-bond donors (Lipinski definition) is 1. The second-order valence-electron chi connectivity index (χ2n) is 10.6. The fourth-order valence-electron chi connectivity index (χ4n) is 7.66. The molecule has 3 aliphatic carbocycles. The van der Waals surface area contributed by atoms with Gasteiger partial charge in [0.1, 0.15) is 11.9 Å². The van der Waals surface area contributed by atoms with Crippen LogP contribution in [-0.2, 0) is 4.79 Å². The van der Waals surface area contributed by atoms with Gasteiger partial charge in [-0.1, -0.05) is 13.8 Å². The van der Waals surface area contributed by atoms with E-state index in [4.69, 9.17) is 4.74 Å². The number of ether oxygens (including phenoxy) is 1. The quantitative estimate of drug-likeness (QED) is 0.568. The predicted molar refractivity (Wildman–Crippen MR) is 113 cm³/mol. The highest BCUT2D eigenvalue weighted by atomic mass is 16.6. The Morgan fingerprint density at radius 2 is 1.73 bits per heavy atom. The average Bonchev–Trinajstić information content (AvgIpc) is 3.05. The summed E-state index contributed by atoms with van der Waals surface area (Å²) >= 11 is 0. The molecule has 4 fully saturated rings. The summed E-state index contributed by atoms with van der Waals surface area (Å²) in [4.78, 5) is 22.5. The lowest BCUT2D eigenvalue weighted by Gasteiger charge is -2.60. The largest absolute Gasteiger partial charge is 0.490 e. The van der Waals surface area contributed by atoms with Crippen molar-refractivity contribution in [1.82, 2.24) is 5.32 Å². The van der Waals surface area contributed by atoms with Gasteiger partial charge in [0.15, 0.2) is 0 Å². The first-order valence-electron chi connectivity index (χ1n) is 11.5. The van der Waals surface area contributed by atoms with Crippen molar-refractivity contribution in [3.63, 3.8) is 0 Å². The molecule has 0 radical (unpaired) electrons. The van der Waals surface area contributed by atoms with Crippen LogP contribution in [0.15, 0.2) is 24.3 Å². The molecular formula is C24H32N2O4. The number of nitro benzene ring substituents is 1. The van der Waals surface area contributed by atoms with Crippen molar-refractivity contribution in [2.24, 2.45) is 28.6 Å². The van der Waals surface area contributed by atoms with E-state index in [1.54, 1.807) is 12.1 Å². The number of carbonyl (C=O) groups excluding carboxylic acids is 1. The van der Waals surface area contributed by atoms with Gasteiger partial charge in [0.25, 0.3) is 5.69 Å². The molecule has 30 heavy (non-hydrogen) atoms. The van der Waals surface area contributed by atoms with E-state index in [-0.39, 0.29) is 33.5 Å². The molecule has 1 aromatic rings. The summed E-state index contributed by atoms with van der Waals surface area (Å²) in [6.45, 7) is 4.84. The molecule has 5 rings (SSSR count). The number of hydrogen-bond acceptors (Lipinski definition) is 4. The minimum absolute atomic E-state index is 0.0999. The van der Waals surface area contributed by atoms with Gasteiger partial charge in [0, 0.05) is 30.0 Å². The van der Waals surface area contributed by atoms with E-state index in [9.17, 15) is 14.9 Å². The third-order valence-corrected chi connectivity index (χ3v) is 9.33. The number of nitrogens with one attached hydrogen (secondary N) is 1. The molecule has 6 nitrogen and oxygen atoms in total. The van der Waals surface area contributed by atoms with Crippen LogP contribution in [-0.4, -0.2) is 23.0 Å². The van der Waals surface area contributed by atoms with Crippen LogP contribution in [0.2, 0.25) is 0 Å². The molecular weight excluding hydrogens is 380 g/mol. The third-order valence-electron chi connectivity index (χ3n) is 9.33. The Balaban J connectivity index is 1.34. The van der Waals surface area contributed by atoms with Crippen LogP contribution in [0, 0.1) is 38.7 Å². The molecule has 1 aliphatic heterocycles. The van der Waals surface area contributed by atoms with Crippen LogP contribution in [0.5, 0.6) is 5.75 Å². The molecule has 0 bridgehead atoms. The standard InChI is InChI=1S/C24H32N2O4/c1-23-14-12-22(27)25-20(23)9-7-17-18-8-10-21(24(18,2)13-11-19(17)23)30-16-5-3-15(4-6-16)26(28)29/h3-6,17-21H,7-14H2,1-2H3,(H,25,27)/t17-,18-,19+,20?,21?,23+,24-/m0/s1. The van der Waals surface area contributed by atoms with Gasteiger partial charge in [-0.15, -0.1) is 0 Å². The highest BCUT2D eigenvalue weighted by Gasteiger charge is 2.61. The zero-order chi connectivity index (χ0) is 21.1. The van der Waals surface area contributed by atoms with E-state index < -0.39 is 0 Å². The van der Waals surface area contributed by atoms with Gasteiger partial charge >= 0.3 is 0 Å². The average molecular weight is 413 g/mol. The Bertz CT molecular complexity index is 855. The summed E-state index contributed by atoms with van der Waals surface area (Å²) in [6.07, 6.45) is 8.79. The summed E-state index contributed by atoms with van der Waals surface area (Å²) < 4.78 is 6.43. The Morgan fingerprint density at radius 3 is 2.47 bits per heavy atom. The number of fused-ring (bicyclic) bond motifs is 5. The number of rotatable bonds is 3. The topological polar surface area (TPSA) is 81.5 Å². The van der Waals surface area contributed by atoms with Crippen LogP contribution in [0.3, 0.4) is 0 Å². The zero-order valence-electron chi connectivity index (χ0n) is 17.9. The molecule has 2 unspecified atom stereocenters. The van der Waals surface area contributed by atoms with Gasteiger partial charge in [-0.25, -0.2) is 0 Å². The molecule has 1 aromatic carbocycles. The maximum Gasteiger partial charge on any atom is 0.269 e. The highest BCUT2D eigenvalue weighted by Crippen LogP contribution is 2.64. The fraction of sp³-hybridized carbons (Fsp3) is 0.708. The van der Waals surface area contributed by atoms with Gasteiger partial charge in [-0.2, -0.15) is 0 Å². The first-order valence-corrected chi connectivity index (χ1v) is 11.5. The van der Waals surface area contributed by atoms with Crippen molar-refractivity contribution in [1.29, 1.82) is 0 Å². The molecule has 1 N–H and O–H groups in total. The highest BCUT2D eigenvalue weighted by molar-refractivity contribution is 5.77. The summed E-state index contributed by atoms with van der Waals surface area (Å²) in [7, 11) is 0. The van der Waals surface area contributed by atoms with Crippen molar-refractivity contribution in [3.8, 4) is 5.75 Å². The maximum absolute atomic E-state index is 12.0. The lowest BCUT2D eigenvalue weighted by Crippen LogP contribution is -2.61. The maximum atomic E-state index is 12.0. The molecule has 4 aliphatic rings. The Hall–Kier alpha value is -2.11. The van der Waals surface area contributed by atoms with Crippen molar-refractivity contribution in [2.75, 3.05) is 0 Å². The van der Waals surface area contributed by atoms with Gasteiger partial charge in [0.05, 0.1) is 4.92 Å². The number of carbonyl (C=O) groups is 1. The van der Waals surface area contributed by atoms with Gasteiger partial charge in [0.2, 0.25) is 5.91 Å². The lowest BCUT2D eigenvalue weighted by atomic mass is 9.47. The van der Waals surface area contributed by atoms with E-state index in [0.717, 1.165) is 31.4 Å². The Morgan fingerprint density at radius 1 is 1.00 bits per heavy atom. The number of benzene rings is 1. The van der Waals surface area contributed by atoms with Crippen LogP contribution < -0.4 is 10.1 Å². The van der Waals surface area contributed by atoms with E-state index in [1.165, 1.54) is 31.4 Å². The molecule has 1 heterocycles. The molecule has 1 amide bonds. The number of amides is 1. The molecule has 1 saturated heterocycles. The molecule has 162 valence electrons. The second kappa shape index (κ2) is 6.96. The summed E-state index contributed by atoms with van der Waals surface area (Å²) in [5.74, 6) is 3.03. The first kappa shape index (κ1) is 19.8. The molecule has 0 aromatic heterocycles. The van der Waals surface area contributed by atoms with Gasteiger partial charge < -0.3 is 10.1 Å². The SMILES string of the molecule is C[C@]12CCC(=O)NC1CC[C@@H]1[C@H]2CC[C@]2(C)C(Oc3ccc([N+](=O)[O-])cc3)CC[C@@H]12. The molecule has 6 heteroatoms. The summed E-state index contributed by atoms with van der Waals surface area (Å²) in [5.41, 5.74) is 0.488. The van der Waals surface area contributed by atoms with Gasteiger partial charge in [-0.05, 0) is 80.2 Å². The van der Waals surface area contributed by atoms with Gasteiger partial charge in [-0.3, -0.25) is 14.9 Å². The zero-order valence-corrected chi connectivity index (χ0v) is 17.9. The lowest BCUT2D eigenvalue weighted by molar-refractivity contribution is -0.384. The van der Waals surface area contributed by atoms with Crippen LogP contribution in [0.25, 0.3) is 0 Å². The van der Waals surface area contributed by atoms with Crippen LogP contribution >= 0.6 is 0 Å². The van der Waals surface area contributed by atoms with Crippen LogP contribution in [0.4, 0.5) is 5.69 Å². The molecule has 3 saturated carbocycles.